The molecule has 1 heterocycles. The van der Waals surface area contributed by atoms with E-state index in [1.54, 1.807) is 80.6 Å². The van der Waals surface area contributed by atoms with Crippen LogP contribution in [0, 0.1) is 5.82 Å². The number of primary amides is 1. The molecule has 3 N–H and O–H groups in total. The van der Waals surface area contributed by atoms with Gasteiger partial charge < -0.3 is 15.6 Å². The van der Waals surface area contributed by atoms with Crippen molar-refractivity contribution in [2.45, 2.75) is 43.5 Å². The maximum Gasteiger partial charge on any atom is 0.267 e. The van der Waals surface area contributed by atoms with Crippen molar-refractivity contribution in [2.24, 2.45) is 10.1 Å². The van der Waals surface area contributed by atoms with Gasteiger partial charge in [-0.2, -0.15) is 0 Å². The Morgan fingerprint density at radius 2 is 1.65 bits per heavy atom. The summed E-state index contributed by atoms with van der Waals surface area (Å²) in [4.78, 5) is 11.3. The van der Waals surface area contributed by atoms with Crippen LogP contribution in [0.5, 0.6) is 0 Å². The summed E-state index contributed by atoms with van der Waals surface area (Å²) in [5, 5.41) is 8.46. The second-order valence-electron chi connectivity index (χ2n) is 9.58. The predicted octanol–water partition coefficient (Wildman–Crippen LogP) is 4.73. The highest BCUT2D eigenvalue weighted by Gasteiger charge is 2.47. The molecule has 37 heavy (non-hydrogen) atoms. The van der Waals surface area contributed by atoms with Gasteiger partial charge in [-0.3, -0.25) is 4.79 Å². The van der Waals surface area contributed by atoms with Gasteiger partial charge in [-0.1, -0.05) is 54.6 Å². The van der Waals surface area contributed by atoms with Crippen LogP contribution in [0.2, 0.25) is 0 Å². The molecule has 1 aliphatic heterocycles. The van der Waals surface area contributed by atoms with Crippen LogP contribution < -0.4 is 5.73 Å². The third kappa shape index (κ3) is 5.73. The Kier molecular flexibility index (Phi) is 7.47. The molecular weight excluding hydrogens is 495 g/mol. The standard InChI is InChI=1S/C28H29FN2O5S/c1-28(2)26(20-11-7-18(8-12-20)19-9-13-21(14-10-19)27(30)33)37(34,35)31-25(36-28)17-22(15-16-32)23-5-3-4-6-24(23)29/h3-14,22,26,32H,15-17H2,1-2H3,(H2,30,33)/t22-,26-/m1/s1. The van der Waals surface area contributed by atoms with E-state index in [0.29, 0.717) is 16.7 Å². The molecule has 0 aliphatic carbocycles. The number of carbonyl (C=O) groups is 1. The van der Waals surface area contributed by atoms with Gasteiger partial charge in [0, 0.05) is 18.6 Å². The largest absolute Gasteiger partial charge is 0.472 e. The van der Waals surface area contributed by atoms with Gasteiger partial charge in [0.1, 0.15) is 16.7 Å². The SMILES string of the molecule is CC1(C)OC(C[C@@H](CCO)c2ccccc2F)=NS(=O)(=O)[C@@H]1c1ccc(-c2ccc(C(N)=O)cc2)cc1. The predicted molar refractivity (Wildman–Crippen MR) is 140 cm³/mol. The zero-order chi connectivity index (χ0) is 26.8. The molecule has 0 spiro atoms. The summed E-state index contributed by atoms with van der Waals surface area (Å²) in [5.74, 6) is -1.44. The number of ether oxygens (including phenoxy) is 1. The van der Waals surface area contributed by atoms with E-state index in [4.69, 9.17) is 10.5 Å². The van der Waals surface area contributed by atoms with Crippen LogP contribution >= 0.6 is 0 Å². The number of hydrogen-bond donors (Lipinski definition) is 2. The quantitative estimate of drug-likeness (QED) is 0.442. The third-order valence-electron chi connectivity index (χ3n) is 6.50. The Morgan fingerprint density at radius 1 is 1.05 bits per heavy atom. The van der Waals surface area contributed by atoms with Crippen LogP contribution in [0.3, 0.4) is 0 Å². The van der Waals surface area contributed by atoms with Gasteiger partial charge in [-0.25, -0.2) is 12.8 Å². The summed E-state index contributed by atoms with van der Waals surface area (Å²) in [6.07, 6.45) is 0.270. The number of amides is 1. The minimum absolute atomic E-state index is 0.00545. The van der Waals surface area contributed by atoms with E-state index in [-0.39, 0.29) is 25.3 Å². The molecule has 4 rings (SSSR count). The number of nitrogens with two attached hydrogens (primary N) is 1. The number of aliphatic hydroxyl groups excluding tert-OH is 1. The van der Waals surface area contributed by atoms with Crippen molar-refractivity contribution in [1.82, 2.24) is 0 Å². The molecule has 2 atom stereocenters. The minimum atomic E-state index is -4.02. The lowest BCUT2D eigenvalue weighted by Crippen LogP contribution is -2.43. The summed E-state index contributed by atoms with van der Waals surface area (Å²) >= 11 is 0. The van der Waals surface area contributed by atoms with Crippen molar-refractivity contribution in [1.29, 1.82) is 0 Å². The highest BCUT2D eigenvalue weighted by molar-refractivity contribution is 7.90. The van der Waals surface area contributed by atoms with E-state index < -0.39 is 38.5 Å². The Balaban J connectivity index is 1.61. The first-order valence-corrected chi connectivity index (χ1v) is 13.4. The molecule has 1 aliphatic rings. The van der Waals surface area contributed by atoms with Crippen molar-refractivity contribution in [2.75, 3.05) is 6.61 Å². The molecule has 0 radical (unpaired) electrons. The second-order valence-corrected chi connectivity index (χ2v) is 11.3. The molecular formula is C28H29FN2O5S. The van der Waals surface area contributed by atoms with Gasteiger partial charge >= 0.3 is 0 Å². The topological polar surface area (TPSA) is 119 Å². The molecule has 1 amide bonds. The number of carbonyl (C=O) groups excluding carboxylic acids is 1. The summed E-state index contributed by atoms with van der Waals surface area (Å²) < 4.78 is 51.2. The summed E-state index contributed by atoms with van der Waals surface area (Å²) in [6, 6.07) is 20.1. The van der Waals surface area contributed by atoms with Gasteiger partial charge in [-0.15, -0.1) is 4.40 Å². The molecule has 0 bridgehead atoms. The normalized spacial score (nSPS) is 18.9. The van der Waals surface area contributed by atoms with E-state index in [0.717, 1.165) is 11.1 Å². The van der Waals surface area contributed by atoms with Crippen molar-refractivity contribution in [3.8, 4) is 11.1 Å². The number of nitrogens with zero attached hydrogens (tertiary/aromatic N) is 1. The van der Waals surface area contributed by atoms with Crippen LogP contribution in [0.15, 0.2) is 77.2 Å². The first-order chi connectivity index (χ1) is 17.5. The average molecular weight is 525 g/mol. The molecule has 0 saturated carbocycles. The minimum Gasteiger partial charge on any atom is -0.472 e. The van der Waals surface area contributed by atoms with Crippen LogP contribution in [-0.4, -0.2) is 37.5 Å². The van der Waals surface area contributed by atoms with Crippen molar-refractivity contribution < 1.29 is 27.4 Å². The molecule has 9 heteroatoms. The first kappa shape index (κ1) is 26.5. The molecule has 194 valence electrons. The third-order valence-corrected chi connectivity index (χ3v) is 8.39. The number of rotatable bonds is 8. The van der Waals surface area contributed by atoms with Gasteiger partial charge in [0.15, 0.2) is 0 Å². The smallest absolute Gasteiger partial charge is 0.267 e. The number of sulfonamides is 1. The molecule has 7 nitrogen and oxygen atoms in total. The maximum absolute atomic E-state index is 14.4. The maximum atomic E-state index is 14.4. The molecule has 0 aromatic heterocycles. The summed E-state index contributed by atoms with van der Waals surface area (Å²) in [6.45, 7) is 3.18. The molecule has 0 unspecified atom stereocenters. The van der Waals surface area contributed by atoms with E-state index in [1.807, 2.05) is 0 Å². The summed E-state index contributed by atoms with van der Waals surface area (Å²) in [5.41, 5.74) is 7.13. The zero-order valence-corrected chi connectivity index (χ0v) is 21.4. The number of benzene rings is 3. The van der Waals surface area contributed by atoms with Crippen molar-refractivity contribution in [3.63, 3.8) is 0 Å². The molecule has 0 saturated heterocycles. The Bertz CT molecular complexity index is 1420. The fourth-order valence-corrected chi connectivity index (χ4v) is 6.57. The van der Waals surface area contributed by atoms with Gasteiger partial charge in [0.05, 0.1) is 0 Å². The van der Waals surface area contributed by atoms with E-state index in [9.17, 15) is 22.7 Å². The van der Waals surface area contributed by atoms with Crippen molar-refractivity contribution >= 4 is 21.8 Å². The lowest BCUT2D eigenvalue weighted by atomic mass is 9.91. The van der Waals surface area contributed by atoms with E-state index >= 15 is 0 Å². The van der Waals surface area contributed by atoms with Crippen LogP contribution in [-0.2, 0) is 14.8 Å². The van der Waals surface area contributed by atoms with Crippen LogP contribution in [0.25, 0.3) is 11.1 Å². The Labute approximate surface area is 215 Å². The van der Waals surface area contributed by atoms with E-state index in [2.05, 4.69) is 4.40 Å². The number of hydrogen-bond acceptors (Lipinski definition) is 5. The lowest BCUT2D eigenvalue weighted by Gasteiger charge is -2.38. The van der Waals surface area contributed by atoms with Crippen LogP contribution in [0.4, 0.5) is 4.39 Å². The molecule has 3 aromatic rings. The Hall–Kier alpha value is -3.56. The Morgan fingerprint density at radius 3 is 2.19 bits per heavy atom. The molecule has 3 aromatic carbocycles. The summed E-state index contributed by atoms with van der Waals surface area (Å²) in [7, 11) is -4.02. The highest BCUT2D eigenvalue weighted by Crippen LogP contribution is 2.42. The number of aliphatic hydroxyl groups is 1. The van der Waals surface area contributed by atoms with E-state index in [1.165, 1.54) is 6.07 Å². The average Bonchev–Trinajstić information content (AvgIpc) is 2.83. The van der Waals surface area contributed by atoms with Crippen LogP contribution in [0.1, 0.15) is 59.3 Å². The highest BCUT2D eigenvalue weighted by atomic mass is 32.2. The fraction of sp³-hybridized carbons (Fsp3) is 0.286. The van der Waals surface area contributed by atoms with Gasteiger partial charge in [0.25, 0.3) is 10.0 Å². The molecule has 0 fully saturated rings. The lowest BCUT2D eigenvalue weighted by molar-refractivity contribution is 0.0797. The second kappa shape index (κ2) is 10.4. The first-order valence-electron chi connectivity index (χ1n) is 11.9. The zero-order valence-electron chi connectivity index (χ0n) is 20.6. The van der Waals surface area contributed by atoms with Gasteiger partial charge in [-0.05, 0) is 66.6 Å². The van der Waals surface area contributed by atoms with Gasteiger partial charge in [0.2, 0.25) is 11.8 Å². The van der Waals surface area contributed by atoms with Crippen molar-refractivity contribution in [3.05, 3.63) is 95.3 Å². The number of halogens is 1. The monoisotopic (exact) mass is 524 g/mol. The fourth-order valence-electron chi connectivity index (χ4n) is 4.80.